The summed E-state index contributed by atoms with van der Waals surface area (Å²) in [5.41, 5.74) is 2.71. The Morgan fingerprint density at radius 1 is 1.18 bits per heavy atom. The number of hydrogen-bond acceptors (Lipinski definition) is 5. The van der Waals surface area contributed by atoms with Gasteiger partial charge in [0.05, 0.1) is 19.2 Å². The van der Waals surface area contributed by atoms with Gasteiger partial charge in [-0.3, -0.25) is 0 Å². The highest BCUT2D eigenvalue weighted by atomic mass is 16.5. The van der Waals surface area contributed by atoms with Crippen LogP contribution in [0.4, 0.5) is 5.82 Å². The summed E-state index contributed by atoms with van der Waals surface area (Å²) in [6.07, 6.45) is 1.70. The van der Waals surface area contributed by atoms with Crippen molar-refractivity contribution in [3.05, 3.63) is 59.8 Å². The molecular formula is C17H17N3O2. The lowest BCUT2D eigenvalue weighted by molar-refractivity contribution is 0.282. The standard InChI is InChI=1S/C17H17N3O2/c1-22-16-8-12(6-7-18-16)10-19-17-14(11-21)9-13-4-2-3-5-15(13)20-17/h2-9,21H,10-11H2,1H3,(H,19,20). The third-order valence-corrected chi connectivity index (χ3v) is 3.44. The molecule has 0 atom stereocenters. The van der Waals surface area contributed by atoms with Crippen LogP contribution < -0.4 is 10.1 Å². The molecule has 5 nitrogen and oxygen atoms in total. The minimum Gasteiger partial charge on any atom is -0.481 e. The molecule has 0 bridgehead atoms. The number of nitrogens with one attached hydrogen (secondary N) is 1. The largest absolute Gasteiger partial charge is 0.481 e. The molecule has 0 unspecified atom stereocenters. The number of hydrogen-bond donors (Lipinski definition) is 2. The van der Waals surface area contributed by atoms with Gasteiger partial charge in [-0.25, -0.2) is 9.97 Å². The number of methoxy groups -OCH3 is 1. The summed E-state index contributed by atoms with van der Waals surface area (Å²) in [4.78, 5) is 8.67. The second-order valence-corrected chi connectivity index (χ2v) is 4.91. The molecule has 5 heteroatoms. The Hall–Kier alpha value is -2.66. The molecule has 2 N–H and O–H groups in total. The maximum Gasteiger partial charge on any atom is 0.213 e. The minimum atomic E-state index is -0.0557. The van der Waals surface area contributed by atoms with Gasteiger partial charge in [-0.15, -0.1) is 0 Å². The van der Waals surface area contributed by atoms with Crippen molar-refractivity contribution in [3.8, 4) is 5.88 Å². The number of fused-ring (bicyclic) bond motifs is 1. The number of ether oxygens (including phenoxy) is 1. The van der Waals surface area contributed by atoms with Gasteiger partial charge in [-0.1, -0.05) is 18.2 Å². The van der Waals surface area contributed by atoms with Gasteiger partial charge >= 0.3 is 0 Å². The van der Waals surface area contributed by atoms with E-state index >= 15 is 0 Å². The average molecular weight is 295 g/mol. The Bertz CT molecular complexity index is 790. The lowest BCUT2D eigenvalue weighted by Crippen LogP contribution is -2.05. The fourth-order valence-electron chi connectivity index (χ4n) is 2.29. The van der Waals surface area contributed by atoms with Gasteiger partial charge in [-0.05, 0) is 23.8 Å². The predicted molar refractivity (Wildman–Crippen MR) is 85.8 cm³/mol. The van der Waals surface area contributed by atoms with Gasteiger partial charge in [0.2, 0.25) is 5.88 Å². The quantitative estimate of drug-likeness (QED) is 0.757. The molecule has 0 saturated carbocycles. The van der Waals surface area contributed by atoms with Gasteiger partial charge in [0.15, 0.2) is 0 Å². The number of rotatable bonds is 5. The molecule has 3 aromatic rings. The number of benzene rings is 1. The Labute approximate surface area is 128 Å². The van der Waals surface area contributed by atoms with E-state index in [2.05, 4.69) is 15.3 Å². The van der Waals surface area contributed by atoms with Crippen molar-refractivity contribution in [3.63, 3.8) is 0 Å². The fraction of sp³-hybridized carbons (Fsp3) is 0.176. The molecule has 3 rings (SSSR count). The first-order valence-corrected chi connectivity index (χ1v) is 7.02. The van der Waals surface area contributed by atoms with Crippen LogP contribution in [-0.4, -0.2) is 22.2 Å². The van der Waals surface area contributed by atoms with Crippen LogP contribution in [0.15, 0.2) is 48.7 Å². The van der Waals surface area contributed by atoms with Crippen LogP contribution in [0.2, 0.25) is 0 Å². The van der Waals surface area contributed by atoms with E-state index in [1.807, 2.05) is 42.5 Å². The van der Waals surface area contributed by atoms with Gasteiger partial charge in [-0.2, -0.15) is 0 Å². The zero-order chi connectivity index (χ0) is 15.4. The zero-order valence-corrected chi connectivity index (χ0v) is 12.3. The SMILES string of the molecule is COc1cc(CNc2nc3ccccc3cc2CO)ccn1. The van der Waals surface area contributed by atoms with E-state index in [-0.39, 0.29) is 6.61 Å². The fourth-order valence-corrected chi connectivity index (χ4v) is 2.29. The molecule has 0 spiro atoms. The molecular weight excluding hydrogens is 278 g/mol. The number of anilines is 1. The van der Waals surface area contributed by atoms with E-state index in [4.69, 9.17) is 4.74 Å². The monoisotopic (exact) mass is 295 g/mol. The van der Waals surface area contributed by atoms with Crippen molar-refractivity contribution in [1.29, 1.82) is 0 Å². The van der Waals surface area contributed by atoms with Crippen LogP contribution in [-0.2, 0) is 13.2 Å². The summed E-state index contributed by atoms with van der Waals surface area (Å²) in [5.74, 6) is 1.27. The lowest BCUT2D eigenvalue weighted by atomic mass is 10.1. The summed E-state index contributed by atoms with van der Waals surface area (Å²) in [5, 5.41) is 13.8. The zero-order valence-electron chi connectivity index (χ0n) is 12.3. The summed E-state index contributed by atoms with van der Waals surface area (Å²) < 4.78 is 5.11. The summed E-state index contributed by atoms with van der Waals surface area (Å²) in [7, 11) is 1.59. The Balaban J connectivity index is 1.86. The summed E-state index contributed by atoms with van der Waals surface area (Å²) in [6.45, 7) is 0.525. The minimum absolute atomic E-state index is 0.0557. The van der Waals surface area contributed by atoms with Gasteiger partial charge < -0.3 is 15.2 Å². The number of aliphatic hydroxyl groups is 1. The number of aromatic nitrogens is 2. The molecule has 0 aliphatic carbocycles. The predicted octanol–water partition coefficient (Wildman–Crippen LogP) is 2.74. The van der Waals surface area contributed by atoms with Crippen molar-refractivity contribution >= 4 is 16.7 Å². The maximum atomic E-state index is 9.55. The van der Waals surface area contributed by atoms with E-state index in [0.29, 0.717) is 18.2 Å². The molecule has 0 aliphatic rings. The summed E-state index contributed by atoms with van der Waals surface area (Å²) in [6, 6.07) is 13.6. The van der Waals surface area contributed by atoms with Gasteiger partial charge in [0, 0.05) is 29.8 Å². The van der Waals surface area contributed by atoms with Crippen LogP contribution >= 0.6 is 0 Å². The van der Waals surface area contributed by atoms with Crippen LogP contribution in [0, 0.1) is 0 Å². The summed E-state index contributed by atoms with van der Waals surface area (Å²) >= 11 is 0. The van der Waals surface area contributed by atoms with E-state index in [1.54, 1.807) is 13.3 Å². The third-order valence-electron chi connectivity index (χ3n) is 3.44. The molecule has 0 saturated heterocycles. The molecule has 2 aromatic heterocycles. The smallest absolute Gasteiger partial charge is 0.213 e. The van der Waals surface area contributed by atoms with Crippen LogP contribution in [0.5, 0.6) is 5.88 Å². The molecule has 0 amide bonds. The second-order valence-electron chi connectivity index (χ2n) is 4.91. The number of para-hydroxylation sites is 1. The van der Waals surface area contributed by atoms with E-state index in [9.17, 15) is 5.11 Å². The lowest BCUT2D eigenvalue weighted by Gasteiger charge is -2.11. The molecule has 2 heterocycles. The van der Waals surface area contributed by atoms with E-state index < -0.39 is 0 Å². The van der Waals surface area contributed by atoms with Crippen LogP contribution in [0.1, 0.15) is 11.1 Å². The molecule has 112 valence electrons. The highest BCUT2D eigenvalue weighted by Gasteiger charge is 2.06. The van der Waals surface area contributed by atoms with Crippen molar-refractivity contribution < 1.29 is 9.84 Å². The normalized spacial score (nSPS) is 10.6. The van der Waals surface area contributed by atoms with Crippen molar-refractivity contribution in [1.82, 2.24) is 9.97 Å². The van der Waals surface area contributed by atoms with Crippen LogP contribution in [0.25, 0.3) is 10.9 Å². The third kappa shape index (κ3) is 2.99. The van der Waals surface area contributed by atoms with Gasteiger partial charge in [0.1, 0.15) is 5.82 Å². The first-order chi connectivity index (χ1) is 10.8. The molecule has 0 aliphatic heterocycles. The maximum absolute atomic E-state index is 9.55. The Morgan fingerprint density at radius 3 is 2.86 bits per heavy atom. The number of pyridine rings is 2. The van der Waals surface area contributed by atoms with E-state index in [1.165, 1.54) is 0 Å². The number of aliphatic hydroxyl groups excluding tert-OH is 1. The van der Waals surface area contributed by atoms with Crippen molar-refractivity contribution in [2.45, 2.75) is 13.2 Å². The first kappa shape index (κ1) is 14.3. The topological polar surface area (TPSA) is 67.3 Å². The number of nitrogens with zero attached hydrogens (tertiary/aromatic N) is 2. The Kier molecular flexibility index (Phi) is 4.16. The second kappa shape index (κ2) is 6.41. The highest BCUT2D eigenvalue weighted by Crippen LogP contribution is 2.21. The highest BCUT2D eigenvalue weighted by molar-refractivity contribution is 5.81. The van der Waals surface area contributed by atoms with E-state index in [0.717, 1.165) is 22.0 Å². The molecule has 0 radical (unpaired) electrons. The Morgan fingerprint density at radius 2 is 2.05 bits per heavy atom. The van der Waals surface area contributed by atoms with Crippen LogP contribution in [0.3, 0.4) is 0 Å². The van der Waals surface area contributed by atoms with Crippen molar-refractivity contribution in [2.75, 3.05) is 12.4 Å². The first-order valence-electron chi connectivity index (χ1n) is 7.02. The molecule has 1 aromatic carbocycles. The van der Waals surface area contributed by atoms with Crippen molar-refractivity contribution in [2.24, 2.45) is 0 Å². The van der Waals surface area contributed by atoms with Gasteiger partial charge in [0.25, 0.3) is 0 Å². The molecule has 22 heavy (non-hydrogen) atoms. The molecule has 0 fully saturated rings. The average Bonchev–Trinajstić information content (AvgIpc) is 2.59.